The number of rotatable bonds is 3. The summed E-state index contributed by atoms with van der Waals surface area (Å²) in [5.74, 6) is 1.82. The molecular weight excluding hydrogens is 202 g/mol. The van der Waals surface area contributed by atoms with E-state index in [-0.39, 0.29) is 5.54 Å². The average molecular weight is 223 g/mol. The molecular formula is C12H21N3O. The Labute approximate surface area is 97.0 Å². The van der Waals surface area contributed by atoms with Crippen LogP contribution in [0.2, 0.25) is 0 Å². The van der Waals surface area contributed by atoms with Crippen molar-refractivity contribution >= 4 is 0 Å². The first kappa shape index (κ1) is 11.6. The van der Waals surface area contributed by atoms with Crippen molar-refractivity contribution in [1.82, 2.24) is 15.2 Å². The maximum absolute atomic E-state index is 5.63. The first-order valence-electron chi connectivity index (χ1n) is 6.00. The second-order valence-electron chi connectivity index (χ2n) is 5.10. The van der Waals surface area contributed by atoms with Gasteiger partial charge in [0.05, 0.1) is 12.7 Å². The van der Waals surface area contributed by atoms with E-state index < -0.39 is 0 Å². The molecule has 2 rings (SSSR count). The second kappa shape index (κ2) is 4.55. The number of nitrogens with zero attached hydrogens (tertiary/aromatic N) is 2. The van der Waals surface area contributed by atoms with Gasteiger partial charge in [-0.1, -0.05) is 6.92 Å². The van der Waals surface area contributed by atoms with Crippen LogP contribution in [0.1, 0.15) is 32.4 Å². The Kier molecular flexibility index (Phi) is 3.30. The molecule has 1 N–H and O–H groups in total. The fraction of sp³-hybridized carbons (Fsp3) is 0.750. The van der Waals surface area contributed by atoms with Crippen molar-refractivity contribution in [1.29, 1.82) is 0 Å². The first-order valence-corrected chi connectivity index (χ1v) is 6.00. The minimum atomic E-state index is 0.193. The minimum Gasteiger partial charge on any atom is -0.444 e. The Balaban J connectivity index is 1.94. The molecule has 1 aromatic rings. The van der Waals surface area contributed by atoms with Gasteiger partial charge >= 0.3 is 0 Å². The van der Waals surface area contributed by atoms with Gasteiger partial charge in [0.25, 0.3) is 0 Å². The van der Waals surface area contributed by atoms with Gasteiger partial charge < -0.3 is 9.73 Å². The van der Waals surface area contributed by atoms with Crippen molar-refractivity contribution in [2.75, 3.05) is 19.6 Å². The van der Waals surface area contributed by atoms with E-state index in [0.717, 1.165) is 44.3 Å². The molecule has 1 saturated heterocycles. The fourth-order valence-electron chi connectivity index (χ4n) is 2.16. The SMILES string of the molecule is CCc1cnc(CN2CCNC(C)(C)C2)o1. The lowest BCUT2D eigenvalue weighted by atomic mass is 10.0. The van der Waals surface area contributed by atoms with E-state index in [4.69, 9.17) is 4.42 Å². The Morgan fingerprint density at radius 3 is 3.00 bits per heavy atom. The molecule has 1 aliphatic rings. The Morgan fingerprint density at radius 2 is 2.38 bits per heavy atom. The highest BCUT2D eigenvalue weighted by Crippen LogP contribution is 2.13. The quantitative estimate of drug-likeness (QED) is 0.841. The van der Waals surface area contributed by atoms with Crippen molar-refractivity contribution in [3.8, 4) is 0 Å². The van der Waals surface area contributed by atoms with Crippen LogP contribution in [0.15, 0.2) is 10.6 Å². The summed E-state index contributed by atoms with van der Waals surface area (Å²) in [6, 6.07) is 0. The summed E-state index contributed by atoms with van der Waals surface area (Å²) in [6.45, 7) is 10.5. The highest BCUT2D eigenvalue weighted by atomic mass is 16.4. The monoisotopic (exact) mass is 223 g/mol. The standard InChI is InChI=1S/C12H21N3O/c1-4-10-7-13-11(16-10)8-15-6-5-14-12(2,3)9-15/h7,14H,4-6,8-9H2,1-3H3. The average Bonchev–Trinajstić information content (AvgIpc) is 2.64. The van der Waals surface area contributed by atoms with E-state index in [1.165, 1.54) is 0 Å². The lowest BCUT2D eigenvalue weighted by Gasteiger charge is -2.38. The summed E-state index contributed by atoms with van der Waals surface area (Å²) < 4.78 is 5.63. The summed E-state index contributed by atoms with van der Waals surface area (Å²) in [5.41, 5.74) is 0.193. The van der Waals surface area contributed by atoms with E-state index in [9.17, 15) is 0 Å². The van der Waals surface area contributed by atoms with Gasteiger partial charge in [-0.2, -0.15) is 0 Å². The third kappa shape index (κ3) is 2.83. The van der Waals surface area contributed by atoms with Crippen molar-refractivity contribution < 1.29 is 4.42 Å². The third-order valence-corrected chi connectivity index (χ3v) is 2.96. The molecule has 0 saturated carbocycles. The molecule has 1 fully saturated rings. The Bertz CT molecular complexity index is 346. The van der Waals surface area contributed by atoms with Gasteiger partial charge in [-0.3, -0.25) is 4.90 Å². The molecule has 0 spiro atoms. The van der Waals surface area contributed by atoms with Crippen LogP contribution in [0, 0.1) is 0 Å². The molecule has 90 valence electrons. The predicted molar refractivity (Wildman–Crippen MR) is 63.2 cm³/mol. The Hall–Kier alpha value is -0.870. The maximum Gasteiger partial charge on any atom is 0.208 e. The minimum absolute atomic E-state index is 0.193. The largest absolute Gasteiger partial charge is 0.444 e. The fourth-order valence-corrected chi connectivity index (χ4v) is 2.16. The zero-order chi connectivity index (χ0) is 11.6. The summed E-state index contributed by atoms with van der Waals surface area (Å²) in [6.07, 6.45) is 2.75. The molecule has 0 unspecified atom stereocenters. The van der Waals surface area contributed by atoms with Gasteiger partial charge in [-0.25, -0.2) is 4.98 Å². The number of nitrogens with one attached hydrogen (secondary N) is 1. The second-order valence-corrected chi connectivity index (χ2v) is 5.10. The van der Waals surface area contributed by atoms with Gasteiger partial charge in [0.15, 0.2) is 0 Å². The highest BCUT2D eigenvalue weighted by molar-refractivity contribution is 4.95. The summed E-state index contributed by atoms with van der Waals surface area (Å²) >= 11 is 0. The van der Waals surface area contributed by atoms with E-state index in [1.54, 1.807) is 0 Å². The van der Waals surface area contributed by atoms with Crippen LogP contribution in [0.3, 0.4) is 0 Å². The van der Waals surface area contributed by atoms with Crippen LogP contribution in [0.25, 0.3) is 0 Å². The molecule has 0 atom stereocenters. The number of oxazole rings is 1. The first-order chi connectivity index (χ1) is 7.59. The van der Waals surface area contributed by atoms with Crippen LogP contribution in [-0.4, -0.2) is 35.1 Å². The lowest BCUT2D eigenvalue weighted by molar-refractivity contribution is 0.137. The van der Waals surface area contributed by atoms with Crippen LogP contribution in [-0.2, 0) is 13.0 Å². The molecule has 2 heterocycles. The number of hydrogen-bond acceptors (Lipinski definition) is 4. The molecule has 0 radical (unpaired) electrons. The van der Waals surface area contributed by atoms with Crippen molar-refractivity contribution in [2.24, 2.45) is 0 Å². The molecule has 0 aromatic carbocycles. The van der Waals surface area contributed by atoms with E-state index >= 15 is 0 Å². The molecule has 16 heavy (non-hydrogen) atoms. The predicted octanol–water partition coefficient (Wildman–Crippen LogP) is 1.42. The van der Waals surface area contributed by atoms with Crippen LogP contribution < -0.4 is 5.32 Å². The third-order valence-electron chi connectivity index (χ3n) is 2.96. The number of aryl methyl sites for hydroxylation is 1. The maximum atomic E-state index is 5.63. The van der Waals surface area contributed by atoms with Crippen LogP contribution >= 0.6 is 0 Å². The van der Waals surface area contributed by atoms with Crippen LogP contribution in [0.5, 0.6) is 0 Å². The molecule has 1 aromatic heterocycles. The number of hydrogen-bond donors (Lipinski definition) is 1. The van der Waals surface area contributed by atoms with Gasteiger partial charge in [-0.05, 0) is 13.8 Å². The summed E-state index contributed by atoms with van der Waals surface area (Å²) in [5, 5.41) is 3.50. The van der Waals surface area contributed by atoms with E-state index in [1.807, 2.05) is 6.20 Å². The normalized spacial score (nSPS) is 21.2. The summed E-state index contributed by atoms with van der Waals surface area (Å²) in [7, 11) is 0. The van der Waals surface area contributed by atoms with E-state index in [2.05, 4.69) is 36.0 Å². The topological polar surface area (TPSA) is 41.3 Å². The van der Waals surface area contributed by atoms with Crippen LogP contribution in [0.4, 0.5) is 0 Å². The van der Waals surface area contributed by atoms with Crippen molar-refractivity contribution in [2.45, 2.75) is 39.3 Å². The van der Waals surface area contributed by atoms with Gasteiger partial charge in [0.2, 0.25) is 5.89 Å². The number of piperazine rings is 1. The molecule has 0 aliphatic carbocycles. The van der Waals surface area contributed by atoms with Gasteiger partial charge in [0.1, 0.15) is 5.76 Å². The smallest absolute Gasteiger partial charge is 0.208 e. The molecule has 4 heteroatoms. The highest BCUT2D eigenvalue weighted by Gasteiger charge is 2.26. The molecule has 4 nitrogen and oxygen atoms in total. The van der Waals surface area contributed by atoms with Crippen molar-refractivity contribution in [3.63, 3.8) is 0 Å². The zero-order valence-corrected chi connectivity index (χ0v) is 10.4. The zero-order valence-electron chi connectivity index (χ0n) is 10.4. The summed E-state index contributed by atoms with van der Waals surface area (Å²) in [4.78, 5) is 6.69. The lowest BCUT2D eigenvalue weighted by Crippen LogP contribution is -2.56. The molecule has 0 bridgehead atoms. The molecule has 1 aliphatic heterocycles. The Morgan fingerprint density at radius 1 is 1.56 bits per heavy atom. The number of aromatic nitrogens is 1. The van der Waals surface area contributed by atoms with Gasteiger partial charge in [0, 0.05) is 31.6 Å². The van der Waals surface area contributed by atoms with E-state index in [0.29, 0.717) is 0 Å². The molecule has 0 amide bonds. The van der Waals surface area contributed by atoms with Crippen molar-refractivity contribution in [3.05, 3.63) is 17.8 Å². The van der Waals surface area contributed by atoms with Gasteiger partial charge in [-0.15, -0.1) is 0 Å².